The van der Waals surface area contributed by atoms with Gasteiger partial charge >= 0.3 is 0 Å². The molecule has 152 valence electrons. The molecular formula is C18H23ClN4O4S. The van der Waals surface area contributed by atoms with E-state index in [0.717, 1.165) is 5.56 Å². The van der Waals surface area contributed by atoms with Gasteiger partial charge in [-0.15, -0.1) is 0 Å². The van der Waals surface area contributed by atoms with Crippen LogP contribution in [-0.4, -0.2) is 53.7 Å². The third-order valence-electron chi connectivity index (χ3n) is 4.41. The van der Waals surface area contributed by atoms with Crippen molar-refractivity contribution in [2.24, 2.45) is 7.05 Å². The predicted molar refractivity (Wildman–Crippen MR) is 105 cm³/mol. The summed E-state index contributed by atoms with van der Waals surface area (Å²) in [5.41, 5.74) is 1.06. The maximum Gasteiger partial charge on any atom is 0.251 e. The van der Waals surface area contributed by atoms with Crippen LogP contribution >= 0.6 is 11.6 Å². The van der Waals surface area contributed by atoms with E-state index in [1.165, 1.54) is 22.5 Å². The van der Waals surface area contributed by atoms with Crippen molar-refractivity contribution in [3.05, 3.63) is 46.7 Å². The molecule has 2 atom stereocenters. The molecule has 2 aromatic rings. The molecule has 8 nitrogen and oxygen atoms in total. The topological polar surface area (TPSA) is 93.5 Å². The number of nitrogens with zero attached hydrogens (tertiary/aromatic N) is 3. The van der Waals surface area contributed by atoms with Gasteiger partial charge in [-0.05, 0) is 32.0 Å². The number of morpholine rings is 1. The minimum atomic E-state index is -3.85. The number of amides is 1. The van der Waals surface area contributed by atoms with Crippen LogP contribution < -0.4 is 5.32 Å². The van der Waals surface area contributed by atoms with Crippen LogP contribution in [0.3, 0.4) is 0 Å². The van der Waals surface area contributed by atoms with E-state index in [-0.39, 0.29) is 53.2 Å². The number of sulfonamides is 1. The van der Waals surface area contributed by atoms with Gasteiger partial charge in [0.2, 0.25) is 10.0 Å². The lowest BCUT2D eigenvalue weighted by molar-refractivity contribution is -0.0440. The van der Waals surface area contributed by atoms with Crippen LogP contribution in [0.15, 0.2) is 35.5 Å². The Morgan fingerprint density at radius 2 is 2.00 bits per heavy atom. The number of nitrogens with one attached hydrogen (secondary N) is 1. The van der Waals surface area contributed by atoms with Crippen LogP contribution in [0.1, 0.15) is 29.8 Å². The summed E-state index contributed by atoms with van der Waals surface area (Å²) in [4.78, 5) is 12.4. The maximum absolute atomic E-state index is 13.1. The van der Waals surface area contributed by atoms with Gasteiger partial charge < -0.3 is 10.1 Å². The number of hydrogen-bond acceptors (Lipinski definition) is 5. The van der Waals surface area contributed by atoms with Gasteiger partial charge in [-0.1, -0.05) is 11.6 Å². The Labute approximate surface area is 169 Å². The molecule has 1 aromatic carbocycles. The molecule has 0 saturated carbocycles. The van der Waals surface area contributed by atoms with Crippen molar-refractivity contribution in [1.82, 2.24) is 19.4 Å². The second-order valence-electron chi connectivity index (χ2n) is 6.93. The van der Waals surface area contributed by atoms with Crippen molar-refractivity contribution < 1.29 is 17.9 Å². The zero-order valence-electron chi connectivity index (χ0n) is 15.9. The van der Waals surface area contributed by atoms with Crippen LogP contribution in [-0.2, 0) is 28.4 Å². The first kappa shape index (κ1) is 20.8. The van der Waals surface area contributed by atoms with Crippen molar-refractivity contribution in [3.63, 3.8) is 0 Å². The summed E-state index contributed by atoms with van der Waals surface area (Å²) >= 11 is 6.17. The number of ether oxygens (including phenoxy) is 1. The first-order valence-electron chi connectivity index (χ1n) is 8.87. The highest BCUT2D eigenvalue weighted by Gasteiger charge is 2.33. The highest BCUT2D eigenvalue weighted by atomic mass is 35.5. The molecule has 0 radical (unpaired) electrons. The molecule has 1 aliphatic rings. The fourth-order valence-electron chi connectivity index (χ4n) is 3.16. The number of rotatable bonds is 5. The molecule has 28 heavy (non-hydrogen) atoms. The lowest BCUT2D eigenvalue weighted by Gasteiger charge is -2.34. The number of hydrogen-bond donors (Lipinski definition) is 1. The van der Waals surface area contributed by atoms with Crippen LogP contribution in [0.2, 0.25) is 5.02 Å². The lowest BCUT2D eigenvalue weighted by Crippen LogP contribution is -2.48. The second-order valence-corrected chi connectivity index (χ2v) is 9.24. The third-order valence-corrected chi connectivity index (χ3v) is 6.72. The number of aryl methyl sites for hydroxylation is 1. The Morgan fingerprint density at radius 1 is 1.32 bits per heavy atom. The molecule has 10 heteroatoms. The van der Waals surface area contributed by atoms with Gasteiger partial charge in [-0.3, -0.25) is 9.48 Å². The van der Waals surface area contributed by atoms with E-state index in [4.69, 9.17) is 16.3 Å². The summed E-state index contributed by atoms with van der Waals surface area (Å²) in [6.07, 6.45) is 3.00. The number of carbonyl (C=O) groups excluding carboxylic acids is 1. The van der Waals surface area contributed by atoms with Crippen molar-refractivity contribution in [2.45, 2.75) is 37.5 Å². The first-order chi connectivity index (χ1) is 13.2. The van der Waals surface area contributed by atoms with E-state index in [2.05, 4.69) is 10.4 Å². The van der Waals surface area contributed by atoms with Crippen LogP contribution in [0.4, 0.5) is 0 Å². The van der Waals surface area contributed by atoms with Gasteiger partial charge in [0.05, 0.1) is 23.4 Å². The maximum atomic E-state index is 13.1. The number of benzene rings is 1. The predicted octanol–water partition coefficient (Wildman–Crippen LogP) is 1.80. The zero-order valence-corrected chi connectivity index (χ0v) is 17.5. The summed E-state index contributed by atoms with van der Waals surface area (Å²) < 4.78 is 34.8. The van der Waals surface area contributed by atoms with Crippen molar-refractivity contribution in [2.75, 3.05) is 13.1 Å². The molecular weight excluding hydrogens is 404 g/mol. The van der Waals surface area contributed by atoms with E-state index in [1.54, 1.807) is 24.1 Å². The average molecular weight is 427 g/mol. The lowest BCUT2D eigenvalue weighted by atomic mass is 10.2. The number of halogens is 1. The van der Waals surface area contributed by atoms with E-state index < -0.39 is 10.0 Å². The largest absolute Gasteiger partial charge is 0.373 e. The number of carbonyl (C=O) groups is 1. The highest BCUT2D eigenvalue weighted by molar-refractivity contribution is 7.89. The third kappa shape index (κ3) is 4.54. The molecule has 2 heterocycles. The molecule has 2 unspecified atom stereocenters. The van der Waals surface area contributed by atoms with Gasteiger partial charge in [-0.25, -0.2) is 8.42 Å². The van der Waals surface area contributed by atoms with E-state index in [0.29, 0.717) is 0 Å². The first-order valence-corrected chi connectivity index (χ1v) is 10.7. The SMILES string of the molecule is CC1CN(S(=O)(=O)c2cc(C(=O)NCc3cnn(C)c3)ccc2Cl)CC(C)O1. The molecule has 0 bridgehead atoms. The van der Waals surface area contributed by atoms with Crippen LogP contribution in [0.25, 0.3) is 0 Å². The fraction of sp³-hybridized carbons (Fsp3) is 0.444. The van der Waals surface area contributed by atoms with Gasteiger partial charge in [0.15, 0.2) is 0 Å². The smallest absolute Gasteiger partial charge is 0.251 e. The van der Waals surface area contributed by atoms with E-state index in [1.807, 2.05) is 13.8 Å². The molecule has 1 fully saturated rings. The van der Waals surface area contributed by atoms with Crippen molar-refractivity contribution in [3.8, 4) is 0 Å². The summed E-state index contributed by atoms with van der Waals surface area (Å²) in [5.74, 6) is -0.388. The molecule has 1 aliphatic heterocycles. The van der Waals surface area contributed by atoms with Gasteiger partial charge in [0, 0.05) is 44.0 Å². The average Bonchev–Trinajstić information content (AvgIpc) is 3.04. The zero-order chi connectivity index (χ0) is 20.5. The highest BCUT2D eigenvalue weighted by Crippen LogP contribution is 2.28. The van der Waals surface area contributed by atoms with E-state index in [9.17, 15) is 13.2 Å². The standard InChI is InChI=1S/C18H23ClN4O4S/c1-12-9-23(10-13(2)27-12)28(25,26)17-6-15(4-5-16(17)19)18(24)20-7-14-8-21-22(3)11-14/h4-6,8,11-13H,7,9-10H2,1-3H3,(H,20,24). The molecule has 0 spiro atoms. The summed E-state index contributed by atoms with van der Waals surface area (Å²) in [7, 11) is -2.06. The molecule has 1 saturated heterocycles. The Balaban J connectivity index is 1.81. The van der Waals surface area contributed by atoms with Crippen LogP contribution in [0.5, 0.6) is 0 Å². The van der Waals surface area contributed by atoms with Gasteiger partial charge in [-0.2, -0.15) is 9.40 Å². The van der Waals surface area contributed by atoms with Crippen LogP contribution in [0, 0.1) is 0 Å². The van der Waals surface area contributed by atoms with Crippen molar-refractivity contribution >= 4 is 27.5 Å². The molecule has 1 aromatic heterocycles. The molecule has 0 aliphatic carbocycles. The van der Waals surface area contributed by atoms with Crippen molar-refractivity contribution in [1.29, 1.82) is 0 Å². The monoisotopic (exact) mass is 426 g/mol. The molecule has 1 N–H and O–H groups in total. The Hall–Kier alpha value is -1.94. The Morgan fingerprint density at radius 3 is 2.61 bits per heavy atom. The quantitative estimate of drug-likeness (QED) is 0.786. The van der Waals surface area contributed by atoms with Gasteiger partial charge in [0.25, 0.3) is 5.91 Å². The summed E-state index contributed by atoms with van der Waals surface area (Å²) in [5, 5.41) is 6.88. The number of aromatic nitrogens is 2. The molecule has 3 rings (SSSR count). The minimum absolute atomic E-state index is 0.0792. The summed E-state index contributed by atoms with van der Waals surface area (Å²) in [6.45, 7) is 4.40. The fourth-order valence-corrected chi connectivity index (χ4v) is 5.25. The molecule has 1 amide bonds. The minimum Gasteiger partial charge on any atom is -0.373 e. The van der Waals surface area contributed by atoms with E-state index >= 15 is 0 Å². The Kier molecular flexibility index (Phi) is 6.09. The van der Waals surface area contributed by atoms with Gasteiger partial charge in [0.1, 0.15) is 4.90 Å². The second kappa shape index (κ2) is 8.20. The Bertz CT molecular complexity index is 966. The summed E-state index contributed by atoms with van der Waals surface area (Å²) in [6, 6.07) is 4.26. The normalized spacial score (nSPS) is 20.9.